The Bertz CT molecular complexity index is 1340. The first-order valence-electron chi connectivity index (χ1n) is 11.3. The zero-order chi connectivity index (χ0) is 23.8. The number of fused-ring (bicyclic) bond motifs is 1. The van der Waals surface area contributed by atoms with Crippen LogP contribution in [0.4, 0.5) is 11.4 Å². The predicted octanol–water partition coefficient (Wildman–Crippen LogP) is 4.30. The molecule has 3 amide bonds. The molecule has 5 rings (SSSR count). The van der Waals surface area contributed by atoms with Gasteiger partial charge in [0, 0.05) is 25.7 Å². The van der Waals surface area contributed by atoms with Crippen molar-refractivity contribution < 1.29 is 14.4 Å². The first-order valence-corrected chi connectivity index (χ1v) is 11.3. The van der Waals surface area contributed by atoms with Crippen LogP contribution in [0.5, 0.6) is 0 Å². The fourth-order valence-corrected chi connectivity index (χ4v) is 4.68. The highest BCUT2D eigenvalue weighted by atomic mass is 16.2. The van der Waals surface area contributed by atoms with Crippen molar-refractivity contribution in [1.82, 2.24) is 4.90 Å². The lowest BCUT2D eigenvalue weighted by atomic mass is 9.97. The van der Waals surface area contributed by atoms with Crippen molar-refractivity contribution in [3.8, 4) is 0 Å². The molecule has 3 aromatic rings. The first kappa shape index (κ1) is 21.6. The average molecular weight is 452 g/mol. The molecule has 6 nitrogen and oxygen atoms in total. The van der Waals surface area contributed by atoms with E-state index in [1.54, 1.807) is 30.3 Å². The van der Waals surface area contributed by atoms with Crippen LogP contribution in [0, 0.1) is 6.92 Å². The molecule has 0 unspecified atom stereocenters. The van der Waals surface area contributed by atoms with Crippen molar-refractivity contribution in [3.63, 3.8) is 0 Å². The van der Waals surface area contributed by atoms with Crippen LogP contribution in [0.3, 0.4) is 0 Å². The van der Waals surface area contributed by atoms with E-state index < -0.39 is 0 Å². The Morgan fingerprint density at radius 3 is 2.32 bits per heavy atom. The number of hydrogen-bond donors (Lipinski definition) is 1. The zero-order valence-electron chi connectivity index (χ0n) is 19.2. The van der Waals surface area contributed by atoms with Gasteiger partial charge in [0.2, 0.25) is 5.91 Å². The molecule has 34 heavy (non-hydrogen) atoms. The molecule has 1 N–H and O–H groups in total. The predicted molar refractivity (Wildman–Crippen MR) is 132 cm³/mol. The average Bonchev–Trinajstić information content (AvgIpc) is 3.08. The number of benzene rings is 3. The molecule has 170 valence electrons. The number of nitrogens with one attached hydrogen (secondary N) is 1. The highest BCUT2D eigenvalue weighted by molar-refractivity contribution is 6.45. The van der Waals surface area contributed by atoms with Gasteiger partial charge in [0.1, 0.15) is 5.70 Å². The number of carbonyl (C=O) groups excluding carboxylic acids is 3. The number of aryl methyl sites for hydroxylation is 1. The molecule has 0 aromatic heterocycles. The van der Waals surface area contributed by atoms with Gasteiger partial charge in [-0.15, -0.1) is 0 Å². The summed E-state index contributed by atoms with van der Waals surface area (Å²) in [5.74, 6) is -0.815. The molecule has 0 saturated carbocycles. The summed E-state index contributed by atoms with van der Waals surface area (Å²) < 4.78 is 0. The second-order valence-corrected chi connectivity index (χ2v) is 8.71. The maximum absolute atomic E-state index is 13.8. The van der Waals surface area contributed by atoms with Crippen molar-refractivity contribution in [2.45, 2.75) is 26.8 Å². The number of rotatable bonds is 4. The Hall–Kier alpha value is -4.19. The van der Waals surface area contributed by atoms with E-state index in [0.29, 0.717) is 41.3 Å². The molecule has 0 fully saturated rings. The van der Waals surface area contributed by atoms with Crippen molar-refractivity contribution in [3.05, 3.63) is 101 Å². The van der Waals surface area contributed by atoms with Gasteiger partial charge in [-0.3, -0.25) is 14.4 Å². The van der Waals surface area contributed by atoms with Gasteiger partial charge in [-0.2, -0.15) is 0 Å². The molecule has 0 radical (unpaired) electrons. The van der Waals surface area contributed by atoms with Crippen LogP contribution >= 0.6 is 0 Å². The van der Waals surface area contributed by atoms with Gasteiger partial charge in [0.15, 0.2) is 0 Å². The maximum Gasteiger partial charge on any atom is 0.282 e. The number of anilines is 2. The van der Waals surface area contributed by atoms with Crippen molar-refractivity contribution in [2.75, 3.05) is 16.8 Å². The van der Waals surface area contributed by atoms with Gasteiger partial charge in [-0.1, -0.05) is 48.5 Å². The molecular formula is C28H25N3O3. The second-order valence-electron chi connectivity index (χ2n) is 8.71. The normalized spacial score (nSPS) is 15.6. The summed E-state index contributed by atoms with van der Waals surface area (Å²) >= 11 is 0. The fourth-order valence-electron chi connectivity index (χ4n) is 4.68. The summed E-state index contributed by atoms with van der Waals surface area (Å²) in [5.41, 5.74) is 6.07. The molecule has 6 heteroatoms. The highest BCUT2D eigenvalue weighted by Gasteiger charge is 2.43. The quantitative estimate of drug-likeness (QED) is 0.601. The Balaban J connectivity index is 1.59. The number of imide groups is 1. The Morgan fingerprint density at radius 2 is 1.62 bits per heavy atom. The number of nitrogens with zero attached hydrogens (tertiary/aromatic N) is 2. The SMILES string of the molecule is CC(=O)Nc1ccc(C2=C(N3CCc4ccccc4C3)C(=O)N(c3cccc(C)c3)C2=O)cc1. The molecule has 0 spiro atoms. The Kier molecular flexibility index (Phi) is 5.49. The van der Waals surface area contributed by atoms with Crippen LogP contribution in [0.1, 0.15) is 29.2 Å². The smallest absolute Gasteiger partial charge is 0.282 e. The zero-order valence-corrected chi connectivity index (χ0v) is 19.2. The van der Waals surface area contributed by atoms with E-state index in [1.165, 1.54) is 17.4 Å². The van der Waals surface area contributed by atoms with Crippen molar-refractivity contribution in [1.29, 1.82) is 0 Å². The van der Waals surface area contributed by atoms with Crippen LogP contribution in [0.15, 0.2) is 78.5 Å². The highest BCUT2D eigenvalue weighted by Crippen LogP contribution is 2.37. The fraction of sp³-hybridized carbons (Fsp3) is 0.179. The van der Waals surface area contributed by atoms with E-state index in [0.717, 1.165) is 17.5 Å². The summed E-state index contributed by atoms with van der Waals surface area (Å²) in [7, 11) is 0. The molecule has 0 aliphatic carbocycles. The van der Waals surface area contributed by atoms with Crippen LogP contribution in [-0.4, -0.2) is 29.2 Å². The van der Waals surface area contributed by atoms with E-state index in [4.69, 9.17) is 0 Å². The van der Waals surface area contributed by atoms with E-state index in [1.807, 2.05) is 42.2 Å². The summed E-state index contributed by atoms with van der Waals surface area (Å²) in [6.07, 6.45) is 0.806. The van der Waals surface area contributed by atoms with E-state index in [2.05, 4.69) is 17.4 Å². The number of hydrogen-bond acceptors (Lipinski definition) is 4. The third-order valence-corrected chi connectivity index (χ3v) is 6.26. The van der Waals surface area contributed by atoms with Gasteiger partial charge < -0.3 is 10.2 Å². The molecule has 0 bridgehead atoms. The topological polar surface area (TPSA) is 69.7 Å². The maximum atomic E-state index is 13.8. The minimum atomic E-state index is -0.336. The van der Waals surface area contributed by atoms with E-state index in [9.17, 15) is 14.4 Å². The summed E-state index contributed by atoms with van der Waals surface area (Å²) in [6.45, 7) is 4.61. The van der Waals surface area contributed by atoms with E-state index in [-0.39, 0.29) is 17.7 Å². The summed E-state index contributed by atoms with van der Waals surface area (Å²) in [4.78, 5) is 42.2. The molecule has 0 saturated heterocycles. The van der Waals surface area contributed by atoms with Crippen molar-refractivity contribution >= 4 is 34.7 Å². The van der Waals surface area contributed by atoms with Gasteiger partial charge in [0.25, 0.3) is 11.8 Å². The molecule has 3 aromatic carbocycles. The minimum Gasteiger partial charge on any atom is -0.362 e. The van der Waals surface area contributed by atoms with Gasteiger partial charge in [-0.25, -0.2) is 4.90 Å². The van der Waals surface area contributed by atoms with Crippen LogP contribution in [-0.2, 0) is 27.3 Å². The standard InChI is InChI=1S/C28H25N3O3/c1-18-6-5-9-24(16-18)31-27(33)25(21-10-12-23(13-11-21)29-19(2)32)26(28(31)34)30-15-14-20-7-3-4-8-22(20)17-30/h3-13,16H,14-15,17H2,1-2H3,(H,29,32). The van der Waals surface area contributed by atoms with Crippen LogP contribution < -0.4 is 10.2 Å². The van der Waals surface area contributed by atoms with Crippen LogP contribution in [0.25, 0.3) is 5.57 Å². The lowest BCUT2D eigenvalue weighted by Gasteiger charge is -2.31. The van der Waals surface area contributed by atoms with Crippen LogP contribution in [0.2, 0.25) is 0 Å². The lowest BCUT2D eigenvalue weighted by molar-refractivity contribution is -0.121. The lowest BCUT2D eigenvalue weighted by Crippen LogP contribution is -2.37. The third kappa shape index (κ3) is 3.88. The van der Waals surface area contributed by atoms with E-state index >= 15 is 0 Å². The molecular weight excluding hydrogens is 426 g/mol. The molecule has 2 heterocycles. The summed E-state index contributed by atoms with van der Waals surface area (Å²) in [6, 6.07) is 22.7. The Morgan fingerprint density at radius 1 is 0.882 bits per heavy atom. The molecule has 0 atom stereocenters. The third-order valence-electron chi connectivity index (χ3n) is 6.26. The van der Waals surface area contributed by atoms with Gasteiger partial charge in [0.05, 0.1) is 11.3 Å². The molecule has 2 aliphatic heterocycles. The Labute approximate surface area is 198 Å². The van der Waals surface area contributed by atoms with Gasteiger partial charge >= 0.3 is 0 Å². The monoisotopic (exact) mass is 451 g/mol. The second kappa shape index (κ2) is 8.63. The van der Waals surface area contributed by atoms with Gasteiger partial charge in [-0.05, 0) is 59.9 Å². The largest absolute Gasteiger partial charge is 0.362 e. The number of carbonyl (C=O) groups is 3. The number of amides is 3. The molecule has 2 aliphatic rings. The van der Waals surface area contributed by atoms with Crippen molar-refractivity contribution in [2.24, 2.45) is 0 Å². The minimum absolute atomic E-state index is 0.169. The first-order chi connectivity index (χ1) is 16.4. The summed E-state index contributed by atoms with van der Waals surface area (Å²) in [5, 5.41) is 2.74.